The summed E-state index contributed by atoms with van der Waals surface area (Å²) in [6.07, 6.45) is 0. The van der Waals surface area contributed by atoms with Gasteiger partial charge >= 0.3 is 11.5 Å². The maximum absolute atomic E-state index is 13.6. The number of fused-ring (bicyclic) bond motifs is 1. The van der Waals surface area contributed by atoms with Gasteiger partial charge in [0, 0.05) is 0 Å². The number of methoxy groups -OCH3 is 1. The van der Waals surface area contributed by atoms with E-state index in [9.17, 15) is 4.79 Å². The Morgan fingerprint density at radius 2 is 1.52 bits per heavy atom. The van der Waals surface area contributed by atoms with Gasteiger partial charge in [0.2, 0.25) is 0 Å². The highest BCUT2D eigenvalue weighted by Gasteiger charge is 2.36. The van der Waals surface area contributed by atoms with Crippen LogP contribution in [0.15, 0.2) is 94.7 Å². The molecule has 0 radical (unpaired) electrons. The molecule has 0 N–H and O–H groups in total. The zero-order chi connectivity index (χ0) is 21.4. The average Bonchev–Trinajstić information content (AvgIpc) is 3.26. The number of rotatable bonds is 4. The summed E-state index contributed by atoms with van der Waals surface area (Å²) in [7, 11) is 1.64. The van der Waals surface area contributed by atoms with Crippen LogP contribution in [0.4, 0.5) is 11.6 Å². The zero-order valence-corrected chi connectivity index (χ0v) is 17.9. The Bertz CT molecular complexity index is 1290. The molecule has 1 aliphatic rings. The lowest BCUT2D eigenvalue weighted by atomic mass is 10.1. The monoisotopic (exact) mass is 427 g/mol. The maximum atomic E-state index is 13.6. The first-order valence-electron chi connectivity index (χ1n) is 10.1. The van der Waals surface area contributed by atoms with Crippen molar-refractivity contribution in [3.8, 4) is 22.6 Å². The van der Waals surface area contributed by atoms with Crippen molar-refractivity contribution in [1.29, 1.82) is 0 Å². The Labute approximate surface area is 186 Å². The van der Waals surface area contributed by atoms with E-state index >= 15 is 0 Å². The SMILES string of the molecule is COc1ccc(-[n+]2c([S-])c(-c3ccccc3)c(=O)n3c2N(c2ccccc2)CC3)cc1. The zero-order valence-electron chi connectivity index (χ0n) is 17.1. The van der Waals surface area contributed by atoms with Gasteiger partial charge in [-0.3, -0.25) is 4.79 Å². The average molecular weight is 428 g/mol. The van der Waals surface area contributed by atoms with E-state index in [4.69, 9.17) is 17.4 Å². The molecule has 5 nitrogen and oxygen atoms in total. The predicted molar refractivity (Wildman–Crippen MR) is 123 cm³/mol. The lowest BCUT2D eigenvalue weighted by Crippen LogP contribution is -2.45. The van der Waals surface area contributed by atoms with Gasteiger partial charge in [-0.25, -0.2) is 9.47 Å². The molecule has 4 aromatic rings. The van der Waals surface area contributed by atoms with Crippen LogP contribution >= 0.6 is 0 Å². The summed E-state index contributed by atoms with van der Waals surface area (Å²) in [4.78, 5) is 15.7. The summed E-state index contributed by atoms with van der Waals surface area (Å²) in [6, 6.07) is 27.5. The minimum Gasteiger partial charge on any atom is -0.744 e. The van der Waals surface area contributed by atoms with Gasteiger partial charge in [-0.05, 0) is 47.0 Å². The van der Waals surface area contributed by atoms with Gasteiger partial charge in [0.05, 0.1) is 12.7 Å². The summed E-state index contributed by atoms with van der Waals surface area (Å²) in [5.41, 5.74) is 3.22. The summed E-state index contributed by atoms with van der Waals surface area (Å²) in [6.45, 7) is 1.29. The largest absolute Gasteiger partial charge is 0.744 e. The smallest absolute Gasteiger partial charge is 0.371 e. The molecule has 154 valence electrons. The molecule has 1 aliphatic heterocycles. The molecule has 5 rings (SSSR count). The number of hydrogen-bond acceptors (Lipinski definition) is 4. The van der Waals surface area contributed by atoms with Gasteiger partial charge in [-0.2, -0.15) is 4.57 Å². The highest BCUT2D eigenvalue weighted by molar-refractivity contribution is 7.58. The lowest BCUT2D eigenvalue weighted by Gasteiger charge is -2.23. The molecule has 0 aliphatic carbocycles. The maximum Gasteiger partial charge on any atom is 0.371 e. The van der Waals surface area contributed by atoms with Gasteiger partial charge in [0.1, 0.15) is 30.2 Å². The number of nitrogens with zero attached hydrogens (tertiary/aromatic N) is 3. The number of ether oxygens (including phenoxy) is 1. The third kappa shape index (κ3) is 3.25. The standard InChI is InChI=1S/C25H21N3O2S/c1-30-21-14-12-20(13-15-21)28-24(31)22(18-8-4-2-5-9-18)23(29)27-17-16-26(25(27)28)19-10-6-3-7-11-19/h2-15H,16-17H2,1H3. The normalized spacial score (nSPS) is 12.6. The van der Waals surface area contributed by atoms with Crippen molar-refractivity contribution in [1.82, 2.24) is 4.57 Å². The van der Waals surface area contributed by atoms with Crippen molar-refractivity contribution < 1.29 is 9.30 Å². The first kappa shape index (κ1) is 19.3. The quantitative estimate of drug-likeness (QED) is 0.282. The van der Waals surface area contributed by atoms with Crippen LogP contribution in [0.2, 0.25) is 0 Å². The van der Waals surface area contributed by atoms with Gasteiger partial charge in [-0.15, -0.1) is 0 Å². The van der Waals surface area contributed by atoms with E-state index < -0.39 is 0 Å². The van der Waals surface area contributed by atoms with Gasteiger partial charge in [0.15, 0.2) is 0 Å². The molecule has 2 heterocycles. The molecular formula is C25H21N3O2S. The molecule has 0 unspecified atom stereocenters. The van der Waals surface area contributed by atoms with Crippen molar-refractivity contribution in [2.45, 2.75) is 11.6 Å². The van der Waals surface area contributed by atoms with Crippen LogP contribution in [0.5, 0.6) is 5.75 Å². The summed E-state index contributed by atoms with van der Waals surface area (Å²) in [5, 5.41) is 0.496. The molecule has 0 spiro atoms. The number of aromatic nitrogens is 2. The number of para-hydroxylation sites is 1. The van der Waals surface area contributed by atoms with Gasteiger partial charge < -0.3 is 17.4 Å². The lowest BCUT2D eigenvalue weighted by molar-refractivity contribution is -0.625. The fourth-order valence-corrected chi connectivity index (χ4v) is 4.47. The molecule has 3 aromatic carbocycles. The van der Waals surface area contributed by atoms with E-state index in [1.165, 1.54) is 0 Å². The van der Waals surface area contributed by atoms with Crippen molar-refractivity contribution in [2.24, 2.45) is 0 Å². The summed E-state index contributed by atoms with van der Waals surface area (Å²) < 4.78 is 9.16. The van der Waals surface area contributed by atoms with E-state index in [0.717, 1.165) is 28.6 Å². The van der Waals surface area contributed by atoms with Gasteiger partial charge in [0.25, 0.3) is 0 Å². The molecule has 0 atom stereocenters. The van der Waals surface area contributed by atoms with E-state index in [0.29, 0.717) is 23.7 Å². The van der Waals surface area contributed by atoms with E-state index in [1.807, 2.05) is 94.1 Å². The molecule has 1 aromatic heterocycles. The van der Waals surface area contributed by atoms with E-state index in [2.05, 4.69) is 4.90 Å². The van der Waals surface area contributed by atoms with Crippen molar-refractivity contribution in [3.63, 3.8) is 0 Å². The Balaban J connectivity index is 1.82. The summed E-state index contributed by atoms with van der Waals surface area (Å²) in [5.74, 6) is 1.54. The van der Waals surface area contributed by atoms with Crippen LogP contribution in [-0.2, 0) is 19.2 Å². The highest BCUT2D eigenvalue weighted by atomic mass is 32.1. The second-order valence-corrected chi connectivity index (χ2v) is 7.71. The second kappa shape index (κ2) is 7.89. The summed E-state index contributed by atoms with van der Waals surface area (Å²) >= 11 is 5.94. The highest BCUT2D eigenvalue weighted by Crippen LogP contribution is 2.30. The first-order chi connectivity index (χ1) is 15.2. The van der Waals surface area contributed by atoms with Crippen molar-refractivity contribution in [3.05, 3.63) is 95.3 Å². The van der Waals surface area contributed by atoms with Crippen molar-refractivity contribution >= 4 is 24.3 Å². The van der Waals surface area contributed by atoms with Gasteiger partial charge in [-0.1, -0.05) is 48.5 Å². The third-order valence-electron chi connectivity index (χ3n) is 5.57. The Morgan fingerprint density at radius 3 is 2.16 bits per heavy atom. The van der Waals surface area contributed by atoms with Crippen LogP contribution in [0.25, 0.3) is 16.8 Å². The topological polar surface area (TPSA) is 38.4 Å². The second-order valence-electron chi connectivity index (χ2n) is 7.32. The fraction of sp³-hybridized carbons (Fsp3) is 0.120. The van der Waals surface area contributed by atoms with Crippen LogP contribution in [0.3, 0.4) is 0 Å². The minimum atomic E-state index is -0.0607. The van der Waals surface area contributed by atoms with E-state index in [-0.39, 0.29) is 5.56 Å². The molecule has 0 fully saturated rings. The van der Waals surface area contributed by atoms with E-state index in [1.54, 1.807) is 7.11 Å². The minimum absolute atomic E-state index is 0.0607. The molecule has 0 bridgehead atoms. The molecule has 31 heavy (non-hydrogen) atoms. The predicted octanol–water partition coefficient (Wildman–Crippen LogP) is 3.86. The van der Waals surface area contributed by atoms with Crippen LogP contribution in [0.1, 0.15) is 0 Å². The Kier molecular flexibility index (Phi) is 4.92. The van der Waals surface area contributed by atoms with Crippen LogP contribution in [-0.4, -0.2) is 18.2 Å². The Hall–Kier alpha value is -3.64. The first-order valence-corrected chi connectivity index (χ1v) is 10.5. The van der Waals surface area contributed by atoms with Crippen molar-refractivity contribution in [2.75, 3.05) is 18.6 Å². The molecule has 0 saturated heterocycles. The molecule has 0 saturated carbocycles. The number of hydrogen-bond donors (Lipinski definition) is 0. The number of anilines is 2. The van der Waals surface area contributed by atoms with Crippen LogP contribution < -0.4 is 19.8 Å². The fourth-order valence-electron chi connectivity index (χ4n) is 4.08. The third-order valence-corrected chi connectivity index (χ3v) is 5.95. The molecular weight excluding hydrogens is 406 g/mol. The van der Waals surface area contributed by atoms with Crippen LogP contribution in [0, 0.1) is 0 Å². The molecule has 6 heteroatoms. The molecule has 0 amide bonds. The number of benzene rings is 3. The Morgan fingerprint density at radius 1 is 0.871 bits per heavy atom.